The largest absolute Gasteiger partial charge is 0.327 e. The lowest BCUT2D eigenvalue weighted by Crippen LogP contribution is -2.37. The number of aromatic nitrogens is 1. The lowest BCUT2D eigenvalue weighted by atomic mass is 9.85. The summed E-state index contributed by atoms with van der Waals surface area (Å²) >= 11 is 3.36. The van der Waals surface area contributed by atoms with E-state index in [1.807, 2.05) is 18.3 Å². The molecule has 1 aromatic heterocycles. The molecule has 2 nitrogen and oxygen atoms in total. The zero-order chi connectivity index (χ0) is 10.8. The zero-order valence-electron chi connectivity index (χ0n) is 8.92. The van der Waals surface area contributed by atoms with Gasteiger partial charge in [0.05, 0.1) is 0 Å². The molecule has 0 saturated heterocycles. The summed E-state index contributed by atoms with van der Waals surface area (Å²) in [7, 11) is 0. The molecule has 1 aromatic rings. The van der Waals surface area contributed by atoms with Gasteiger partial charge in [-0.15, -0.1) is 0 Å². The predicted molar refractivity (Wildman–Crippen MR) is 63.1 cm³/mol. The Morgan fingerprint density at radius 2 is 2.07 bits per heavy atom. The normalized spacial score (nSPS) is 14.1. The Morgan fingerprint density at radius 3 is 2.50 bits per heavy atom. The number of hydrogen-bond donors (Lipinski definition) is 1. The first-order valence-electron chi connectivity index (χ1n) is 4.75. The molecule has 1 heterocycles. The molecule has 3 heteroatoms. The van der Waals surface area contributed by atoms with E-state index in [1.165, 1.54) is 0 Å². The Labute approximate surface area is 94.0 Å². The SMILES string of the molecule is CC(C)(C)C(N)Cc1ccc(Br)cn1. The van der Waals surface area contributed by atoms with Gasteiger partial charge in [-0.1, -0.05) is 20.8 Å². The molecule has 0 bridgehead atoms. The molecule has 78 valence electrons. The van der Waals surface area contributed by atoms with Gasteiger partial charge in [-0.25, -0.2) is 0 Å². The van der Waals surface area contributed by atoms with Gasteiger partial charge in [-0.3, -0.25) is 4.98 Å². The van der Waals surface area contributed by atoms with Crippen LogP contribution in [-0.2, 0) is 6.42 Å². The van der Waals surface area contributed by atoms with Gasteiger partial charge in [0.1, 0.15) is 0 Å². The summed E-state index contributed by atoms with van der Waals surface area (Å²) < 4.78 is 1.01. The summed E-state index contributed by atoms with van der Waals surface area (Å²) in [6.07, 6.45) is 2.64. The van der Waals surface area contributed by atoms with Crippen LogP contribution < -0.4 is 5.73 Å². The third-order valence-electron chi connectivity index (χ3n) is 2.33. The first-order chi connectivity index (χ1) is 6.39. The van der Waals surface area contributed by atoms with E-state index in [1.54, 1.807) is 0 Å². The maximum absolute atomic E-state index is 6.07. The van der Waals surface area contributed by atoms with Crippen molar-refractivity contribution in [1.29, 1.82) is 0 Å². The third kappa shape index (κ3) is 3.39. The first-order valence-corrected chi connectivity index (χ1v) is 5.55. The highest BCUT2D eigenvalue weighted by Crippen LogP contribution is 2.20. The molecule has 0 aliphatic rings. The second kappa shape index (κ2) is 4.41. The molecule has 0 aliphatic carbocycles. The average molecular weight is 257 g/mol. The number of pyridine rings is 1. The van der Waals surface area contributed by atoms with Gasteiger partial charge >= 0.3 is 0 Å². The Balaban J connectivity index is 2.65. The number of rotatable bonds is 2. The lowest BCUT2D eigenvalue weighted by Gasteiger charge is -2.26. The van der Waals surface area contributed by atoms with Crippen LogP contribution in [0.2, 0.25) is 0 Å². The van der Waals surface area contributed by atoms with Crippen molar-refractivity contribution in [3.05, 3.63) is 28.5 Å². The smallest absolute Gasteiger partial charge is 0.0420 e. The van der Waals surface area contributed by atoms with Crippen molar-refractivity contribution in [1.82, 2.24) is 4.98 Å². The van der Waals surface area contributed by atoms with Gasteiger partial charge in [0.15, 0.2) is 0 Å². The first kappa shape index (κ1) is 11.7. The molecule has 0 saturated carbocycles. The summed E-state index contributed by atoms with van der Waals surface area (Å²) in [6, 6.07) is 4.16. The number of halogens is 1. The van der Waals surface area contributed by atoms with Gasteiger partial charge in [-0.2, -0.15) is 0 Å². The fourth-order valence-electron chi connectivity index (χ4n) is 1.06. The summed E-state index contributed by atoms with van der Waals surface area (Å²) in [5.74, 6) is 0. The van der Waals surface area contributed by atoms with Gasteiger partial charge in [0.2, 0.25) is 0 Å². The van der Waals surface area contributed by atoms with Crippen LogP contribution in [0.25, 0.3) is 0 Å². The van der Waals surface area contributed by atoms with Crippen LogP contribution in [0.1, 0.15) is 26.5 Å². The molecule has 0 radical (unpaired) electrons. The van der Waals surface area contributed by atoms with E-state index in [9.17, 15) is 0 Å². The molecule has 2 N–H and O–H groups in total. The van der Waals surface area contributed by atoms with E-state index in [2.05, 4.69) is 41.7 Å². The molecule has 0 spiro atoms. The van der Waals surface area contributed by atoms with Crippen molar-refractivity contribution < 1.29 is 0 Å². The second-order valence-corrected chi connectivity index (χ2v) is 5.56. The van der Waals surface area contributed by atoms with E-state index >= 15 is 0 Å². The van der Waals surface area contributed by atoms with E-state index < -0.39 is 0 Å². The fourth-order valence-corrected chi connectivity index (χ4v) is 1.29. The monoisotopic (exact) mass is 256 g/mol. The maximum atomic E-state index is 6.07. The van der Waals surface area contributed by atoms with Crippen LogP contribution >= 0.6 is 15.9 Å². The van der Waals surface area contributed by atoms with Gasteiger partial charge < -0.3 is 5.73 Å². The van der Waals surface area contributed by atoms with E-state index in [0.717, 1.165) is 16.6 Å². The van der Waals surface area contributed by atoms with Crippen molar-refractivity contribution in [2.75, 3.05) is 0 Å². The van der Waals surface area contributed by atoms with Crippen LogP contribution in [0.3, 0.4) is 0 Å². The standard InChI is InChI=1S/C11H17BrN2/c1-11(2,3)10(13)6-9-5-4-8(12)7-14-9/h4-5,7,10H,6,13H2,1-3H3. The summed E-state index contributed by atoms with van der Waals surface area (Å²) in [5, 5.41) is 0. The van der Waals surface area contributed by atoms with Crippen molar-refractivity contribution in [3.63, 3.8) is 0 Å². The maximum Gasteiger partial charge on any atom is 0.0420 e. The molecule has 0 aliphatic heterocycles. The number of nitrogens with zero attached hydrogens (tertiary/aromatic N) is 1. The third-order valence-corrected chi connectivity index (χ3v) is 2.80. The highest BCUT2D eigenvalue weighted by Gasteiger charge is 2.20. The molecule has 0 aromatic carbocycles. The Hall–Kier alpha value is -0.410. The van der Waals surface area contributed by atoms with E-state index in [-0.39, 0.29) is 11.5 Å². The Kier molecular flexibility index (Phi) is 3.67. The summed E-state index contributed by atoms with van der Waals surface area (Å²) in [4.78, 5) is 4.30. The molecular formula is C11H17BrN2. The van der Waals surface area contributed by atoms with Crippen molar-refractivity contribution in [2.45, 2.75) is 33.2 Å². The predicted octanol–water partition coefficient (Wildman–Crippen LogP) is 2.76. The average Bonchev–Trinajstić information content (AvgIpc) is 2.07. The Morgan fingerprint density at radius 1 is 1.43 bits per heavy atom. The summed E-state index contributed by atoms with van der Waals surface area (Å²) in [6.45, 7) is 6.45. The molecule has 0 fully saturated rings. The molecular weight excluding hydrogens is 240 g/mol. The number of nitrogens with two attached hydrogens (primary N) is 1. The number of hydrogen-bond acceptors (Lipinski definition) is 2. The van der Waals surface area contributed by atoms with Gasteiger partial charge in [-0.05, 0) is 33.5 Å². The second-order valence-electron chi connectivity index (χ2n) is 4.64. The van der Waals surface area contributed by atoms with Gasteiger partial charge in [0, 0.05) is 28.8 Å². The van der Waals surface area contributed by atoms with Crippen molar-refractivity contribution in [3.8, 4) is 0 Å². The molecule has 1 rings (SSSR count). The molecule has 14 heavy (non-hydrogen) atoms. The topological polar surface area (TPSA) is 38.9 Å². The van der Waals surface area contributed by atoms with Crippen LogP contribution in [-0.4, -0.2) is 11.0 Å². The quantitative estimate of drug-likeness (QED) is 0.884. The zero-order valence-corrected chi connectivity index (χ0v) is 10.5. The highest BCUT2D eigenvalue weighted by atomic mass is 79.9. The van der Waals surface area contributed by atoms with Gasteiger partial charge in [0.25, 0.3) is 0 Å². The van der Waals surface area contributed by atoms with Crippen LogP contribution in [0.5, 0.6) is 0 Å². The Bertz CT molecular complexity index is 287. The minimum Gasteiger partial charge on any atom is -0.327 e. The van der Waals surface area contributed by atoms with E-state index in [4.69, 9.17) is 5.73 Å². The van der Waals surface area contributed by atoms with Crippen LogP contribution in [0.15, 0.2) is 22.8 Å². The van der Waals surface area contributed by atoms with E-state index in [0.29, 0.717) is 0 Å². The highest BCUT2D eigenvalue weighted by molar-refractivity contribution is 9.10. The molecule has 1 unspecified atom stereocenters. The van der Waals surface area contributed by atoms with Crippen LogP contribution in [0, 0.1) is 5.41 Å². The minimum absolute atomic E-state index is 0.134. The van der Waals surface area contributed by atoms with Crippen molar-refractivity contribution >= 4 is 15.9 Å². The fraction of sp³-hybridized carbons (Fsp3) is 0.545. The lowest BCUT2D eigenvalue weighted by molar-refractivity contribution is 0.317. The van der Waals surface area contributed by atoms with Crippen molar-refractivity contribution in [2.24, 2.45) is 11.1 Å². The minimum atomic E-state index is 0.134. The summed E-state index contributed by atoms with van der Waals surface area (Å²) in [5.41, 5.74) is 7.25. The van der Waals surface area contributed by atoms with Crippen LogP contribution in [0.4, 0.5) is 0 Å². The molecule has 1 atom stereocenters. The molecule has 0 amide bonds.